The number of carbonyl (C=O) groups excluding carboxylic acids is 2. The van der Waals surface area contributed by atoms with Gasteiger partial charge in [-0.3, -0.25) is 9.59 Å². The molecular formula is C11H15N3O2. The van der Waals surface area contributed by atoms with E-state index in [1.807, 2.05) is 0 Å². The van der Waals surface area contributed by atoms with Crippen LogP contribution >= 0.6 is 0 Å². The lowest BCUT2D eigenvalue weighted by molar-refractivity contribution is -0.118. The summed E-state index contributed by atoms with van der Waals surface area (Å²) in [4.78, 5) is 21.5. The normalized spacial score (nSPS) is 11.9. The largest absolute Gasteiger partial charge is 0.370 e. The smallest absolute Gasteiger partial charge is 0.221 e. The second kappa shape index (κ2) is 5.27. The Hall–Kier alpha value is -1.88. The molecule has 0 saturated carbocycles. The van der Waals surface area contributed by atoms with Gasteiger partial charge in [0.15, 0.2) is 0 Å². The summed E-state index contributed by atoms with van der Waals surface area (Å²) in [7, 11) is 0. The van der Waals surface area contributed by atoms with Crippen LogP contribution in [0.4, 0.5) is 5.69 Å². The van der Waals surface area contributed by atoms with Crippen LogP contribution in [-0.2, 0) is 9.59 Å². The SMILES string of the molecule is CC(=O)Nc1ccc(C(N)CC(N)=O)cc1. The highest BCUT2D eigenvalue weighted by atomic mass is 16.1. The number of nitrogens with one attached hydrogen (secondary N) is 1. The van der Waals surface area contributed by atoms with Crippen molar-refractivity contribution < 1.29 is 9.59 Å². The Morgan fingerprint density at radius 2 is 1.88 bits per heavy atom. The third-order valence-electron chi connectivity index (χ3n) is 2.08. The van der Waals surface area contributed by atoms with Gasteiger partial charge in [-0.1, -0.05) is 12.1 Å². The minimum Gasteiger partial charge on any atom is -0.370 e. The Morgan fingerprint density at radius 1 is 1.31 bits per heavy atom. The van der Waals surface area contributed by atoms with Gasteiger partial charge in [0.05, 0.1) is 0 Å². The highest BCUT2D eigenvalue weighted by Gasteiger charge is 2.08. The summed E-state index contributed by atoms with van der Waals surface area (Å²) in [6.07, 6.45) is 0.111. The second-order valence-electron chi connectivity index (χ2n) is 3.58. The van der Waals surface area contributed by atoms with Crippen molar-refractivity contribution >= 4 is 17.5 Å². The predicted octanol–water partition coefficient (Wildman–Crippen LogP) is 0.520. The number of rotatable bonds is 4. The first kappa shape index (κ1) is 12.2. The molecule has 0 heterocycles. The number of anilines is 1. The van der Waals surface area contributed by atoms with E-state index in [4.69, 9.17) is 11.5 Å². The molecule has 5 N–H and O–H groups in total. The summed E-state index contributed by atoms with van der Waals surface area (Å²) >= 11 is 0. The average Bonchev–Trinajstić information content (AvgIpc) is 2.16. The molecule has 86 valence electrons. The molecule has 0 aromatic heterocycles. The average molecular weight is 221 g/mol. The number of carbonyl (C=O) groups is 2. The van der Waals surface area contributed by atoms with Crippen molar-refractivity contribution in [3.63, 3.8) is 0 Å². The summed E-state index contributed by atoms with van der Waals surface area (Å²) in [5.74, 6) is -0.562. The van der Waals surface area contributed by atoms with E-state index in [0.717, 1.165) is 5.56 Å². The van der Waals surface area contributed by atoms with Crippen molar-refractivity contribution in [1.82, 2.24) is 0 Å². The highest BCUT2D eigenvalue weighted by Crippen LogP contribution is 2.16. The van der Waals surface area contributed by atoms with Crippen LogP contribution < -0.4 is 16.8 Å². The molecule has 1 aromatic rings. The predicted molar refractivity (Wildman–Crippen MR) is 61.5 cm³/mol. The molecule has 5 nitrogen and oxygen atoms in total. The van der Waals surface area contributed by atoms with Crippen molar-refractivity contribution in [3.8, 4) is 0 Å². The van der Waals surface area contributed by atoms with Gasteiger partial charge in [0.2, 0.25) is 11.8 Å². The number of hydrogen-bond acceptors (Lipinski definition) is 3. The Bertz CT molecular complexity index is 387. The monoisotopic (exact) mass is 221 g/mol. The van der Waals surface area contributed by atoms with Gasteiger partial charge in [-0.15, -0.1) is 0 Å². The minimum absolute atomic E-state index is 0.111. The maximum atomic E-state index is 10.8. The van der Waals surface area contributed by atoms with Crippen molar-refractivity contribution in [3.05, 3.63) is 29.8 Å². The van der Waals surface area contributed by atoms with Gasteiger partial charge < -0.3 is 16.8 Å². The van der Waals surface area contributed by atoms with Gasteiger partial charge in [-0.25, -0.2) is 0 Å². The first-order chi connectivity index (χ1) is 7.49. The maximum absolute atomic E-state index is 10.8. The van der Waals surface area contributed by atoms with Crippen LogP contribution in [0.3, 0.4) is 0 Å². The van der Waals surface area contributed by atoms with Gasteiger partial charge in [-0.2, -0.15) is 0 Å². The van der Waals surface area contributed by atoms with Crippen LogP contribution in [0.5, 0.6) is 0 Å². The number of nitrogens with two attached hydrogens (primary N) is 2. The van der Waals surface area contributed by atoms with E-state index < -0.39 is 11.9 Å². The van der Waals surface area contributed by atoms with E-state index in [1.165, 1.54) is 6.92 Å². The van der Waals surface area contributed by atoms with Crippen molar-refractivity contribution in [2.45, 2.75) is 19.4 Å². The highest BCUT2D eigenvalue weighted by molar-refractivity contribution is 5.88. The molecule has 0 radical (unpaired) electrons. The Balaban J connectivity index is 2.70. The van der Waals surface area contributed by atoms with Gasteiger partial charge >= 0.3 is 0 Å². The third kappa shape index (κ3) is 3.70. The molecular weight excluding hydrogens is 206 g/mol. The Labute approximate surface area is 93.8 Å². The van der Waals surface area contributed by atoms with E-state index in [1.54, 1.807) is 24.3 Å². The van der Waals surface area contributed by atoms with Crippen molar-refractivity contribution in [2.75, 3.05) is 5.32 Å². The first-order valence-corrected chi connectivity index (χ1v) is 4.90. The first-order valence-electron chi connectivity index (χ1n) is 4.90. The third-order valence-corrected chi connectivity index (χ3v) is 2.08. The number of hydrogen-bond donors (Lipinski definition) is 3. The zero-order valence-corrected chi connectivity index (χ0v) is 9.07. The summed E-state index contributed by atoms with van der Waals surface area (Å²) in [5, 5.41) is 2.64. The van der Waals surface area contributed by atoms with E-state index >= 15 is 0 Å². The van der Waals surface area contributed by atoms with Crippen molar-refractivity contribution in [1.29, 1.82) is 0 Å². The molecule has 1 atom stereocenters. The maximum Gasteiger partial charge on any atom is 0.221 e. The standard InChI is InChI=1S/C11H15N3O2/c1-7(15)14-9-4-2-8(3-5-9)10(12)6-11(13)16/h2-5,10H,6,12H2,1H3,(H2,13,16)(H,14,15). The van der Waals surface area contributed by atoms with Gasteiger partial charge in [0.1, 0.15) is 0 Å². The number of benzene rings is 1. The fourth-order valence-corrected chi connectivity index (χ4v) is 1.35. The van der Waals surface area contributed by atoms with Gasteiger partial charge in [0, 0.05) is 25.1 Å². The quantitative estimate of drug-likeness (QED) is 0.691. The Morgan fingerprint density at radius 3 is 2.31 bits per heavy atom. The fourth-order valence-electron chi connectivity index (χ4n) is 1.35. The molecule has 0 bridgehead atoms. The molecule has 0 aliphatic heterocycles. The molecule has 0 spiro atoms. The zero-order valence-electron chi connectivity index (χ0n) is 9.07. The van der Waals surface area contributed by atoms with Gasteiger partial charge in [0.25, 0.3) is 0 Å². The van der Waals surface area contributed by atoms with Crippen LogP contribution in [0.25, 0.3) is 0 Å². The summed E-state index contributed by atoms with van der Waals surface area (Å²) in [6.45, 7) is 1.44. The minimum atomic E-state index is -0.432. The lowest BCUT2D eigenvalue weighted by Crippen LogP contribution is -2.20. The number of amides is 2. The summed E-state index contributed by atoms with van der Waals surface area (Å²) < 4.78 is 0. The van der Waals surface area contributed by atoms with E-state index in [-0.39, 0.29) is 12.3 Å². The van der Waals surface area contributed by atoms with Crippen LogP contribution in [0.15, 0.2) is 24.3 Å². The topological polar surface area (TPSA) is 98.2 Å². The van der Waals surface area contributed by atoms with E-state index in [9.17, 15) is 9.59 Å². The number of primary amides is 1. The van der Waals surface area contributed by atoms with Gasteiger partial charge in [-0.05, 0) is 17.7 Å². The Kier molecular flexibility index (Phi) is 4.02. The second-order valence-corrected chi connectivity index (χ2v) is 3.58. The molecule has 0 saturated heterocycles. The lowest BCUT2D eigenvalue weighted by Gasteiger charge is -2.10. The molecule has 1 unspecified atom stereocenters. The van der Waals surface area contributed by atoms with Crippen molar-refractivity contribution in [2.24, 2.45) is 11.5 Å². The molecule has 0 aliphatic rings. The van der Waals surface area contributed by atoms with Crippen LogP contribution in [0.1, 0.15) is 24.9 Å². The molecule has 1 rings (SSSR count). The molecule has 1 aromatic carbocycles. The summed E-state index contributed by atoms with van der Waals surface area (Å²) in [5.41, 5.74) is 12.3. The van der Waals surface area contributed by atoms with Crippen LogP contribution in [0.2, 0.25) is 0 Å². The fraction of sp³-hybridized carbons (Fsp3) is 0.273. The summed E-state index contributed by atoms with van der Waals surface area (Å²) in [6, 6.07) is 6.59. The molecule has 5 heteroatoms. The molecule has 0 fully saturated rings. The van der Waals surface area contributed by atoms with E-state index in [2.05, 4.69) is 5.32 Å². The molecule has 16 heavy (non-hydrogen) atoms. The van der Waals surface area contributed by atoms with Crippen LogP contribution in [-0.4, -0.2) is 11.8 Å². The zero-order chi connectivity index (χ0) is 12.1. The van der Waals surface area contributed by atoms with E-state index in [0.29, 0.717) is 5.69 Å². The molecule has 2 amide bonds. The lowest BCUT2D eigenvalue weighted by atomic mass is 10.0. The molecule has 0 aliphatic carbocycles. The van der Waals surface area contributed by atoms with Crippen LogP contribution in [0, 0.1) is 0 Å².